The minimum atomic E-state index is -4.44. The third-order valence-electron chi connectivity index (χ3n) is 2.87. The van der Waals surface area contributed by atoms with Crippen LogP contribution >= 0.6 is 0 Å². The van der Waals surface area contributed by atoms with E-state index < -0.39 is 17.6 Å². The molecule has 3 N–H and O–H groups in total. The van der Waals surface area contributed by atoms with Crippen molar-refractivity contribution in [3.05, 3.63) is 35.4 Å². The summed E-state index contributed by atoms with van der Waals surface area (Å²) >= 11 is 0. The molecule has 0 bridgehead atoms. The Hall–Kier alpha value is -1.60. The van der Waals surface area contributed by atoms with Crippen molar-refractivity contribution >= 4 is 5.91 Å². The van der Waals surface area contributed by atoms with Crippen LogP contribution in [0.5, 0.6) is 0 Å². The van der Waals surface area contributed by atoms with E-state index in [-0.39, 0.29) is 12.2 Å². The molecule has 0 aromatic heterocycles. The summed E-state index contributed by atoms with van der Waals surface area (Å²) in [6, 6.07) is 4.67. The summed E-state index contributed by atoms with van der Waals surface area (Å²) in [6.07, 6.45) is -4.44. The third kappa shape index (κ3) is 3.68. The van der Waals surface area contributed by atoms with Crippen LogP contribution in [0.2, 0.25) is 0 Å². The van der Waals surface area contributed by atoms with Crippen LogP contribution < -0.4 is 16.0 Å². The molecule has 0 spiro atoms. The fraction of sp³-hybridized carbons (Fsp3) is 0.417. The molecular formula is C12H14F3N3O. The lowest BCUT2D eigenvalue weighted by Gasteiger charge is -2.28. The van der Waals surface area contributed by atoms with E-state index in [1.807, 2.05) is 0 Å². The van der Waals surface area contributed by atoms with E-state index in [1.54, 1.807) is 0 Å². The van der Waals surface area contributed by atoms with E-state index in [9.17, 15) is 18.0 Å². The van der Waals surface area contributed by atoms with Gasteiger partial charge >= 0.3 is 6.18 Å². The summed E-state index contributed by atoms with van der Waals surface area (Å²) in [6.45, 7) is 1.90. The molecule has 0 atom stereocenters. The molecule has 1 aliphatic rings. The van der Waals surface area contributed by atoms with Crippen molar-refractivity contribution in [3.8, 4) is 0 Å². The first-order valence-corrected chi connectivity index (χ1v) is 5.86. The second kappa shape index (κ2) is 5.58. The molecule has 1 aliphatic heterocycles. The number of nitrogens with one attached hydrogen (secondary N) is 3. The number of benzene rings is 1. The lowest BCUT2D eigenvalue weighted by Crippen LogP contribution is -2.57. The molecule has 0 radical (unpaired) electrons. The molecule has 2 rings (SSSR count). The molecule has 0 saturated carbocycles. The topological polar surface area (TPSA) is 53.2 Å². The van der Waals surface area contributed by atoms with E-state index in [4.69, 9.17) is 0 Å². The van der Waals surface area contributed by atoms with Gasteiger partial charge in [-0.2, -0.15) is 13.2 Å². The molecule has 1 fully saturated rings. The normalized spacial score (nSPS) is 15.9. The molecule has 7 heteroatoms. The lowest BCUT2D eigenvalue weighted by molar-refractivity contribution is -0.137. The number of alkyl halides is 3. The molecule has 19 heavy (non-hydrogen) atoms. The Morgan fingerprint density at radius 3 is 2.68 bits per heavy atom. The average Bonchev–Trinajstić information content (AvgIpc) is 2.31. The monoisotopic (exact) mass is 273 g/mol. The van der Waals surface area contributed by atoms with Crippen molar-refractivity contribution in [1.82, 2.24) is 16.0 Å². The number of halogens is 3. The highest BCUT2D eigenvalue weighted by Crippen LogP contribution is 2.29. The molecule has 1 aromatic carbocycles. The molecular weight excluding hydrogens is 259 g/mol. The zero-order chi connectivity index (χ0) is 13.9. The van der Waals surface area contributed by atoms with Crippen molar-refractivity contribution < 1.29 is 18.0 Å². The highest BCUT2D eigenvalue weighted by atomic mass is 19.4. The summed E-state index contributed by atoms with van der Waals surface area (Å²) in [7, 11) is 0. The number of carbonyl (C=O) groups is 1. The Morgan fingerprint density at radius 1 is 1.37 bits per heavy atom. The van der Waals surface area contributed by atoms with Crippen LogP contribution in [0.1, 0.15) is 15.9 Å². The van der Waals surface area contributed by atoms with Crippen molar-refractivity contribution in [2.24, 2.45) is 0 Å². The van der Waals surface area contributed by atoms with Gasteiger partial charge in [0.15, 0.2) is 0 Å². The van der Waals surface area contributed by atoms with Gasteiger partial charge in [-0.1, -0.05) is 6.07 Å². The van der Waals surface area contributed by atoms with Gasteiger partial charge in [-0.15, -0.1) is 0 Å². The Morgan fingerprint density at radius 2 is 2.11 bits per heavy atom. The van der Waals surface area contributed by atoms with Crippen molar-refractivity contribution in [2.75, 3.05) is 19.8 Å². The molecule has 4 nitrogen and oxygen atoms in total. The van der Waals surface area contributed by atoms with Crippen LogP contribution in [0.4, 0.5) is 13.2 Å². The molecule has 1 saturated heterocycles. The summed E-state index contributed by atoms with van der Waals surface area (Å²) in [5.74, 6) is -0.522. The van der Waals surface area contributed by atoms with Crippen LogP contribution in [0.15, 0.2) is 24.3 Å². The van der Waals surface area contributed by atoms with Crippen molar-refractivity contribution in [2.45, 2.75) is 12.2 Å². The summed E-state index contributed by atoms with van der Waals surface area (Å²) in [4.78, 5) is 11.7. The first kappa shape index (κ1) is 13.8. The first-order valence-electron chi connectivity index (χ1n) is 5.86. The standard InChI is InChI=1S/C12H14F3N3O/c13-12(14,15)9-3-1-2-8(4-9)11(19)18-7-17-10-5-16-6-10/h1-4,10,16-17H,5-7H2,(H,18,19). The van der Waals surface area contributed by atoms with Gasteiger partial charge in [0.05, 0.1) is 12.2 Å². The number of carbonyl (C=O) groups excluding carboxylic acids is 1. The van der Waals surface area contributed by atoms with Gasteiger partial charge in [0.2, 0.25) is 0 Å². The van der Waals surface area contributed by atoms with E-state index in [0.29, 0.717) is 6.04 Å². The van der Waals surface area contributed by atoms with E-state index >= 15 is 0 Å². The minimum Gasteiger partial charge on any atom is -0.339 e. The van der Waals surface area contributed by atoms with Gasteiger partial charge in [-0.05, 0) is 18.2 Å². The average molecular weight is 273 g/mol. The number of hydrogen-bond acceptors (Lipinski definition) is 3. The molecule has 104 valence electrons. The third-order valence-corrected chi connectivity index (χ3v) is 2.87. The molecule has 1 amide bonds. The molecule has 0 unspecified atom stereocenters. The highest BCUT2D eigenvalue weighted by Gasteiger charge is 2.30. The van der Waals surface area contributed by atoms with E-state index in [0.717, 1.165) is 25.2 Å². The quantitative estimate of drug-likeness (QED) is 0.716. The van der Waals surface area contributed by atoms with Gasteiger partial charge < -0.3 is 10.6 Å². The maximum Gasteiger partial charge on any atom is 0.416 e. The fourth-order valence-electron chi connectivity index (χ4n) is 1.65. The number of rotatable bonds is 4. The van der Waals surface area contributed by atoms with Crippen LogP contribution in [-0.2, 0) is 6.18 Å². The van der Waals surface area contributed by atoms with E-state index in [1.165, 1.54) is 12.1 Å². The predicted molar refractivity (Wildman–Crippen MR) is 63.6 cm³/mol. The minimum absolute atomic E-state index is 0.00311. The van der Waals surface area contributed by atoms with Crippen molar-refractivity contribution in [1.29, 1.82) is 0 Å². The lowest BCUT2D eigenvalue weighted by atomic mass is 10.1. The molecule has 1 heterocycles. The zero-order valence-corrected chi connectivity index (χ0v) is 10.1. The summed E-state index contributed by atoms with van der Waals surface area (Å²) in [5.41, 5.74) is -0.820. The number of hydrogen-bond donors (Lipinski definition) is 3. The smallest absolute Gasteiger partial charge is 0.339 e. The van der Waals surface area contributed by atoms with Crippen LogP contribution in [0, 0.1) is 0 Å². The van der Waals surface area contributed by atoms with Gasteiger partial charge in [-0.3, -0.25) is 10.1 Å². The molecule has 1 aromatic rings. The van der Waals surface area contributed by atoms with Gasteiger partial charge in [-0.25, -0.2) is 0 Å². The second-order valence-electron chi connectivity index (χ2n) is 4.32. The maximum absolute atomic E-state index is 12.5. The Balaban J connectivity index is 1.90. The predicted octanol–water partition coefficient (Wildman–Crippen LogP) is 0.954. The number of amides is 1. The Labute approximate surface area is 108 Å². The SMILES string of the molecule is O=C(NCNC1CNC1)c1cccc(C(F)(F)F)c1. The summed E-state index contributed by atoms with van der Waals surface area (Å²) in [5, 5.41) is 8.63. The Kier molecular flexibility index (Phi) is 4.06. The first-order chi connectivity index (χ1) is 8.97. The highest BCUT2D eigenvalue weighted by molar-refractivity contribution is 5.94. The van der Waals surface area contributed by atoms with Gasteiger partial charge in [0.1, 0.15) is 0 Å². The largest absolute Gasteiger partial charge is 0.416 e. The second-order valence-corrected chi connectivity index (χ2v) is 4.32. The van der Waals surface area contributed by atoms with Gasteiger partial charge in [0, 0.05) is 24.7 Å². The summed E-state index contributed by atoms with van der Waals surface area (Å²) < 4.78 is 37.5. The molecule has 0 aliphatic carbocycles. The van der Waals surface area contributed by atoms with Crippen LogP contribution in [-0.4, -0.2) is 31.7 Å². The van der Waals surface area contributed by atoms with E-state index in [2.05, 4.69) is 16.0 Å². The van der Waals surface area contributed by atoms with Crippen LogP contribution in [0.3, 0.4) is 0 Å². The van der Waals surface area contributed by atoms with Gasteiger partial charge in [0.25, 0.3) is 5.91 Å². The van der Waals surface area contributed by atoms with Crippen molar-refractivity contribution in [3.63, 3.8) is 0 Å². The zero-order valence-electron chi connectivity index (χ0n) is 10.1. The Bertz CT molecular complexity index is 458. The fourth-order valence-corrected chi connectivity index (χ4v) is 1.65. The van der Waals surface area contributed by atoms with Crippen LogP contribution in [0.25, 0.3) is 0 Å². The maximum atomic E-state index is 12.5.